The molecule has 0 saturated heterocycles. The standard InChI is InChI=1S/C40H36N4O.Pt/c1-25(2)18-30-21-32(44-29(6)40(28(5)42-44)31-10-8-7-9-11-31)23-34(22-30)45-33-13-14-35-36-19-26(3)12-15-37(36)43(38(35)24-33)39-20-27(4)16-17-41-39;/h7-17,19-22,25H,18H2,1-6H3;/q-2;+2. The number of fused-ring (bicyclic) bond motifs is 3. The zero-order valence-corrected chi connectivity index (χ0v) is 29.2. The molecule has 7 aromatic rings. The minimum absolute atomic E-state index is 0. The molecule has 3 heterocycles. The molecular formula is C40H36N4OPt. The average Bonchev–Trinajstić information content (AvgIpc) is 3.49. The summed E-state index contributed by atoms with van der Waals surface area (Å²) < 4.78 is 10.7. The van der Waals surface area contributed by atoms with E-state index in [9.17, 15) is 0 Å². The van der Waals surface area contributed by atoms with E-state index >= 15 is 0 Å². The molecule has 0 spiro atoms. The van der Waals surface area contributed by atoms with Gasteiger partial charge >= 0.3 is 21.1 Å². The fourth-order valence-electron chi connectivity index (χ4n) is 6.34. The second-order valence-electron chi connectivity index (χ2n) is 12.4. The molecule has 4 aromatic carbocycles. The van der Waals surface area contributed by atoms with Gasteiger partial charge in [0.1, 0.15) is 5.82 Å². The first kappa shape index (κ1) is 31.5. The van der Waals surface area contributed by atoms with Crippen molar-refractivity contribution in [2.24, 2.45) is 5.92 Å². The molecule has 0 amide bonds. The van der Waals surface area contributed by atoms with Gasteiger partial charge in [-0.1, -0.05) is 67.4 Å². The van der Waals surface area contributed by atoms with E-state index in [-0.39, 0.29) is 21.1 Å². The number of ether oxygens (including phenoxy) is 1. The summed E-state index contributed by atoms with van der Waals surface area (Å²) >= 11 is 0. The fraction of sp³-hybridized carbons (Fsp3) is 0.200. The van der Waals surface area contributed by atoms with Crippen LogP contribution in [0.15, 0.2) is 91.1 Å². The second-order valence-corrected chi connectivity index (χ2v) is 12.4. The zero-order chi connectivity index (χ0) is 31.2. The number of aryl methyl sites for hydroxylation is 3. The minimum Gasteiger partial charge on any atom is -0.509 e. The number of aromatic nitrogens is 4. The first-order valence-electron chi connectivity index (χ1n) is 15.5. The number of rotatable bonds is 7. The molecule has 0 saturated carbocycles. The van der Waals surface area contributed by atoms with Crippen molar-refractivity contribution >= 4 is 21.8 Å². The molecule has 3 aromatic heterocycles. The van der Waals surface area contributed by atoms with E-state index < -0.39 is 0 Å². The largest absolute Gasteiger partial charge is 2.00 e. The predicted molar refractivity (Wildman–Crippen MR) is 183 cm³/mol. The van der Waals surface area contributed by atoms with Crippen molar-refractivity contribution < 1.29 is 25.8 Å². The van der Waals surface area contributed by atoms with E-state index in [1.807, 2.05) is 29.1 Å². The molecule has 232 valence electrons. The van der Waals surface area contributed by atoms with Crippen LogP contribution in [0.4, 0.5) is 0 Å². The van der Waals surface area contributed by atoms with Crippen molar-refractivity contribution in [2.45, 2.75) is 48.0 Å². The van der Waals surface area contributed by atoms with Crippen LogP contribution in [0.3, 0.4) is 0 Å². The summed E-state index contributed by atoms with van der Waals surface area (Å²) in [5, 5.41) is 7.24. The number of hydrogen-bond acceptors (Lipinski definition) is 3. The van der Waals surface area contributed by atoms with E-state index in [0.717, 1.165) is 62.4 Å². The number of benzene rings is 4. The van der Waals surface area contributed by atoms with Crippen LogP contribution in [0.2, 0.25) is 0 Å². The number of pyridine rings is 1. The monoisotopic (exact) mass is 783 g/mol. The van der Waals surface area contributed by atoms with E-state index in [1.54, 1.807) is 0 Å². The molecule has 46 heavy (non-hydrogen) atoms. The van der Waals surface area contributed by atoms with Crippen LogP contribution < -0.4 is 4.74 Å². The van der Waals surface area contributed by atoms with Gasteiger partial charge in [-0.05, 0) is 80.4 Å². The Kier molecular flexibility index (Phi) is 8.72. The van der Waals surface area contributed by atoms with Crippen LogP contribution in [0, 0.1) is 45.7 Å². The minimum atomic E-state index is 0. The van der Waals surface area contributed by atoms with E-state index in [0.29, 0.717) is 17.4 Å². The maximum Gasteiger partial charge on any atom is 2.00 e. The Morgan fingerprint density at radius 3 is 2.33 bits per heavy atom. The quantitative estimate of drug-likeness (QED) is 0.151. The molecule has 0 N–H and O–H groups in total. The molecule has 6 heteroatoms. The molecule has 7 rings (SSSR count). The summed E-state index contributed by atoms with van der Waals surface area (Å²) in [5.41, 5.74) is 10.8. The van der Waals surface area contributed by atoms with Crippen LogP contribution in [-0.2, 0) is 27.5 Å². The third kappa shape index (κ3) is 5.92. The number of hydrogen-bond donors (Lipinski definition) is 0. The maximum absolute atomic E-state index is 6.58. The third-order valence-corrected chi connectivity index (χ3v) is 8.27. The Bertz CT molecular complexity index is 2190. The molecular weight excluding hydrogens is 748 g/mol. The normalized spacial score (nSPS) is 11.4. The van der Waals surface area contributed by atoms with Gasteiger partial charge in [0.25, 0.3) is 0 Å². The second kappa shape index (κ2) is 12.7. The summed E-state index contributed by atoms with van der Waals surface area (Å²) in [4.78, 5) is 4.73. The molecule has 0 aliphatic rings. The van der Waals surface area contributed by atoms with Gasteiger partial charge in [0, 0.05) is 34.5 Å². The van der Waals surface area contributed by atoms with Crippen LogP contribution in [0.25, 0.3) is 44.4 Å². The molecule has 0 aliphatic heterocycles. The summed E-state index contributed by atoms with van der Waals surface area (Å²) in [6.45, 7) is 12.9. The molecule has 0 fully saturated rings. The van der Waals surface area contributed by atoms with Gasteiger partial charge in [0.15, 0.2) is 0 Å². The van der Waals surface area contributed by atoms with Crippen LogP contribution in [-0.4, -0.2) is 19.3 Å². The van der Waals surface area contributed by atoms with Crippen molar-refractivity contribution in [2.75, 3.05) is 0 Å². The van der Waals surface area contributed by atoms with Crippen molar-refractivity contribution in [1.82, 2.24) is 19.3 Å². The van der Waals surface area contributed by atoms with E-state index in [4.69, 9.17) is 14.8 Å². The van der Waals surface area contributed by atoms with Gasteiger partial charge in [0.2, 0.25) is 0 Å². The first-order valence-corrected chi connectivity index (χ1v) is 15.5. The third-order valence-electron chi connectivity index (χ3n) is 8.27. The summed E-state index contributed by atoms with van der Waals surface area (Å²) in [7, 11) is 0. The Morgan fingerprint density at radius 1 is 0.783 bits per heavy atom. The fourth-order valence-corrected chi connectivity index (χ4v) is 6.34. The molecule has 0 bridgehead atoms. The summed E-state index contributed by atoms with van der Waals surface area (Å²) in [5.74, 6) is 2.61. The van der Waals surface area contributed by atoms with Crippen LogP contribution >= 0.6 is 0 Å². The van der Waals surface area contributed by atoms with Crippen molar-refractivity contribution in [1.29, 1.82) is 0 Å². The number of nitrogens with zero attached hydrogens (tertiary/aromatic N) is 4. The molecule has 0 radical (unpaired) electrons. The zero-order valence-electron chi connectivity index (χ0n) is 27.0. The van der Waals surface area contributed by atoms with E-state index in [2.05, 4.69) is 125 Å². The van der Waals surface area contributed by atoms with E-state index in [1.165, 1.54) is 16.5 Å². The molecule has 0 aliphatic carbocycles. The van der Waals surface area contributed by atoms with Gasteiger partial charge < -0.3 is 9.30 Å². The Labute approximate surface area is 285 Å². The summed E-state index contributed by atoms with van der Waals surface area (Å²) in [6.07, 6.45) is 2.77. The van der Waals surface area contributed by atoms with Gasteiger partial charge in [-0.3, -0.25) is 4.68 Å². The Morgan fingerprint density at radius 2 is 1.57 bits per heavy atom. The van der Waals surface area contributed by atoms with Gasteiger partial charge in [-0.2, -0.15) is 16.7 Å². The van der Waals surface area contributed by atoms with Crippen molar-refractivity contribution in [3.63, 3.8) is 0 Å². The average molecular weight is 784 g/mol. The molecule has 0 unspecified atom stereocenters. The first-order chi connectivity index (χ1) is 21.7. The maximum atomic E-state index is 6.58. The topological polar surface area (TPSA) is 44.9 Å². The van der Waals surface area contributed by atoms with Gasteiger partial charge in [-0.25, -0.2) is 4.98 Å². The molecule has 5 nitrogen and oxygen atoms in total. The van der Waals surface area contributed by atoms with Crippen LogP contribution in [0.1, 0.15) is 41.9 Å². The van der Waals surface area contributed by atoms with Crippen LogP contribution in [0.5, 0.6) is 11.5 Å². The Hall–Kier alpha value is -4.47. The Balaban J connectivity index is 0.00000372. The molecule has 0 atom stereocenters. The van der Waals surface area contributed by atoms with Crippen molar-refractivity contribution in [3.05, 3.63) is 131 Å². The SMILES string of the molecule is Cc1ccnc(-n2c3[c-]c(Oc4[c-]c(-n5nc(C)c(-c6ccccc6)c5C)cc(CC(C)C)c4)ccc3c3cc(C)ccc32)c1.[Pt+2]. The predicted octanol–water partition coefficient (Wildman–Crippen LogP) is 9.85. The smallest absolute Gasteiger partial charge is 0.509 e. The van der Waals surface area contributed by atoms with Crippen molar-refractivity contribution in [3.8, 4) is 34.1 Å². The summed E-state index contributed by atoms with van der Waals surface area (Å²) in [6, 6.07) is 36.6. The van der Waals surface area contributed by atoms with Gasteiger partial charge in [-0.15, -0.1) is 35.7 Å². The van der Waals surface area contributed by atoms with Gasteiger partial charge in [0.05, 0.1) is 5.69 Å².